The SMILES string of the molecule is CCC1C(=O)O[C@@H]2OC3(C)CCC4[C@H](C)CC[C@@H]1[C@]42OO3. The zero-order valence-electron chi connectivity index (χ0n) is 13.0. The van der Waals surface area contributed by atoms with E-state index in [9.17, 15) is 4.79 Å². The van der Waals surface area contributed by atoms with Crippen LogP contribution in [0.1, 0.15) is 52.9 Å². The van der Waals surface area contributed by atoms with E-state index in [4.69, 9.17) is 19.2 Å². The molecule has 0 radical (unpaired) electrons. The number of esters is 1. The third-order valence-electron chi connectivity index (χ3n) is 6.23. The van der Waals surface area contributed by atoms with E-state index in [-0.39, 0.29) is 17.8 Å². The lowest BCUT2D eigenvalue weighted by atomic mass is 9.57. The largest absolute Gasteiger partial charge is 0.432 e. The van der Waals surface area contributed by atoms with Gasteiger partial charge in [0, 0.05) is 18.3 Å². The molecule has 0 aromatic heterocycles. The molecule has 0 amide bonds. The van der Waals surface area contributed by atoms with Crippen molar-refractivity contribution in [2.24, 2.45) is 23.7 Å². The predicted octanol–water partition coefficient (Wildman–Crippen LogP) is 2.79. The average molecular weight is 296 g/mol. The number of hydrogen-bond acceptors (Lipinski definition) is 5. The summed E-state index contributed by atoms with van der Waals surface area (Å²) in [6, 6.07) is 0. The molecule has 5 fully saturated rings. The Bertz CT molecular complexity index is 466. The molecule has 0 aromatic carbocycles. The average Bonchev–Trinajstić information content (AvgIpc) is 2.67. The molecule has 5 nitrogen and oxygen atoms in total. The van der Waals surface area contributed by atoms with Crippen LogP contribution in [0.2, 0.25) is 0 Å². The Balaban J connectivity index is 1.82. The van der Waals surface area contributed by atoms with Gasteiger partial charge in [0.25, 0.3) is 0 Å². The number of hydrogen-bond donors (Lipinski definition) is 0. The molecule has 118 valence electrons. The van der Waals surface area contributed by atoms with Gasteiger partial charge >= 0.3 is 5.97 Å². The molecule has 5 aliphatic rings. The lowest BCUT2D eigenvalue weighted by Gasteiger charge is -2.58. The highest BCUT2D eigenvalue weighted by atomic mass is 17.3. The fourth-order valence-electron chi connectivity index (χ4n) is 5.07. The summed E-state index contributed by atoms with van der Waals surface area (Å²) in [5, 5.41) is 0. The van der Waals surface area contributed by atoms with Crippen molar-refractivity contribution in [3.05, 3.63) is 0 Å². The van der Waals surface area contributed by atoms with Crippen LogP contribution >= 0.6 is 0 Å². The number of carbonyl (C=O) groups is 1. The molecule has 3 unspecified atom stereocenters. The van der Waals surface area contributed by atoms with Crippen LogP contribution in [0.3, 0.4) is 0 Å². The maximum atomic E-state index is 12.4. The molecule has 5 heteroatoms. The van der Waals surface area contributed by atoms with Crippen LogP contribution < -0.4 is 0 Å². The molecule has 1 aliphatic carbocycles. The van der Waals surface area contributed by atoms with Gasteiger partial charge in [-0.25, -0.2) is 9.78 Å². The first-order valence-corrected chi connectivity index (χ1v) is 8.25. The second-order valence-electron chi connectivity index (χ2n) is 7.36. The van der Waals surface area contributed by atoms with E-state index in [0.29, 0.717) is 11.8 Å². The summed E-state index contributed by atoms with van der Waals surface area (Å²) in [6.45, 7) is 6.19. The second-order valence-corrected chi connectivity index (χ2v) is 7.36. The second kappa shape index (κ2) is 4.43. The molecule has 1 saturated carbocycles. The maximum Gasteiger partial charge on any atom is 0.311 e. The summed E-state index contributed by atoms with van der Waals surface area (Å²) in [6.07, 6.45) is 4.05. The van der Waals surface area contributed by atoms with Crippen LogP contribution in [0, 0.1) is 23.7 Å². The van der Waals surface area contributed by atoms with Crippen LogP contribution in [0.5, 0.6) is 0 Å². The van der Waals surface area contributed by atoms with Crippen LogP contribution in [0.25, 0.3) is 0 Å². The maximum absolute atomic E-state index is 12.4. The van der Waals surface area contributed by atoms with E-state index in [1.807, 2.05) is 13.8 Å². The van der Waals surface area contributed by atoms with Gasteiger partial charge in [-0.1, -0.05) is 13.8 Å². The van der Waals surface area contributed by atoms with Gasteiger partial charge in [0.15, 0.2) is 5.60 Å². The molecule has 7 atom stereocenters. The molecule has 4 aliphatic heterocycles. The normalized spacial score (nSPS) is 55.6. The molecular weight excluding hydrogens is 272 g/mol. The summed E-state index contributed by atoms with van der Waals surface area (Å²) >= 11 is 0. The third kappa shape index (κ3) is 1.71. The van der Waals surface area contributed by atoms with Gasteiger partial charge in [-0.3, -0.25) is 4.79 Å². The highest BCUT2D eigenvalue weighted by molar-refractivity contribution is 5.74. The molecule has 1 spiro atoms. The van der Waals surface area contributed by atoms with E-state index in [1.54, 1.807) is 0 Å². The highest BCUT2D eigenvalue weighted by Crippen LogP contribution is 2.60. The van der Waals surface area contributed by atoms with Crippen LogP contribution in [-0.4, -0.2) is 23.6 Å². The van der Waals surface area contributed by atoms with E-state index in [0.717, 1.165) is 32.1 Å². The molecule has 5 rings (SSSR count). The zero-order chi connectivity index (χ0) is 14.8. The van der Waals surface area contributed by atoms with Gasteiger partial charge in [-0.05, 0) is 38.5 Å². The molecule has 4 heterocycles. The summed E-state index contributed by atoms with van der Waals surface area (Å²) in [5.41, 5.74) is -0.609. The monoisotopic (exact) mass is 296 g/mol. The first kappa shape index (κ1) is 14.0. The van der Waals surface area contributed by atoms with Gasteiger partial charge in [0.05, 0.1) is 5.92 Å². The number of fused-ring (bicyclic) bond motifs is 2. The minimum absolute atomic E-state index is 0.106. The first-order chi connectivity index (χ1) is 10.00. The van der Waals surface area contributed by atoms with Gasteiger partial charge in [-0.15, -0.1) is 0 Å². The van der Waals surface area contributed by atoms with E-state index >= 15 is 0 Å². The lowest BCUT2D eigenvalue weighted by molar-refractivity contribution is -0.559. The van der Waals surface area contributed by atoms with Crippen molar-refractivity contribution in [2.45, 2.75) is 70.6 Å². The number of rotatable bonds is 1. The van der Waals surface area contributed by atoms with Crippen LogP contribution in [0.15, 0.2) is 0 Å². The predicted molar refractivity (Wildman–Crippen MR) is 72.7 cm³/mol. The molecule has 0 aromatic rings. The Morgan fingerprint density at radius 3 is 2.76 bits per heavy atom. The van der Waals surface area contributed by atoms with E-state index in [1.165, 1.54) is 0 Å². The quantitative estimate of drug-likeness (QED) is 0.550. The summed E-state index contributed by atoms with van der Waals surface area (Å²) in [4.78, 5) is 24.0. The topological polar surface area (TPSA) is 54.0 Å². The van der Waals surface area contributed by atoms with E-state index < -0.39 is 17.7 Å². The standard InChI is InChI=1S/C16H24O5/c1-4-10-12-6-5-9(2)11-7-8-15(3)19-14(18-13(10)17)16(11,12)21-20-15/h9-12,14H,4-8H2,1-3H3/t9-,10?,11?,12+,14-,15?,16-/m1/s1. The first-order valence-electron chi connectivity index (χ1n) is 8.25. The smallest absolute Gasteiger partial charge is 0.311 e. The van der Waals surface area contributed by atoms with Gasteiger partial charge in [-0.2, -0.15) is 0 Å². The van der Waals surface area contributed by atoms with Gasteiger partial charge < -0.3 is 9.47 Å². The Labute approximate surface area is 125 Å². The minimum Gasteiger partial charge on any atom is -0.432 e. The lowest BCUT2D eigenvalue weighted by Crippen LogP contribution is -2.69. The van der Waals surface area contributed by atoms with Crippen molar-refractivity contribution in [3.63, 3.8) is 0 Å². The summed E-state index contributed by atoms with van der Waals surface area (Å²) < 4.78 is 11.7. The molecule has 21 heavy (non-hydrogen) atoms. The Kier molecular flexibility index (Phi) is 2.95. The van der Waals surface area contributed by atoms with Crippen molar-refractivity contribution in [2.75, 3.05) is 0 Å². The molecular formula is C16H24O5. The van der Waals surface area contributed by atoms with Crippen molar-refractivity contribution < 1.29 is 24.0 Å². The number of ether oxygens (including phenoxy) is 2. The Hall–Kier alpha value is -0.650. The minimum atomic E-state index is -0.795. The fraction of sp³-hybridized carbons (Fsp3) is 0.938. The van der Waals surface area contributed by atoms with Gasteiger partial charge in [0.1, 0.15) is 0 Å². The van der Waals surface area contributed by atoms with Crippen molar-refractivity contribution >= 4 is 5.97 Å². The molecule has 4 saturated heterocycles. The Morgan fingerprint density at radius 1 is 1.19 bits per heavy atom. The van der Waals surface area contributed by atoms with Crippen LogP contribution in [0.4, 0.5) is 0 Å². The van der Waals surface area contributed by atoms with E-state index in [2.05, 4.69) is 6.92 Å². The van der Waals surface area contributed by atoms with Crippen molar-refractivity contribution in [1.29, 1.82) is 0 Å². The molecule has 2 bridgehead atoms. The fourth-order valence-corrected chi connectivity index (χ4v) is 5.07. The van der Waals surface area contributed by atoms with Crippen LogP contribution in [-0.2, 0) is 24.0 Å². The summed E-state index contributed by atoms with van der Waals surface area (Å²) in [7, 11) is 0. The highest BCUT2D eigenvalue weighted by Gasteiger charge is 2.70. The number of carbonyl (C=O) groups excluding carboxylic acids is 1. The van der Waals surface area contributed by atoms with Crippen molar-refractivity contribution in [1.82, 2.24) is 0 Å². The molecule has 0 N–H and O–H groups in total. The van der Waals surface area contributed by atoms with Crippen molar-refractivity contribution in [3.8, 4) is 0 Å². The summed E-state index contributed by atoms with van der Waals surface area (Å²) in [5.74, 6) is -0.0373. The zero-order valence-corrected chi connectivity index (χ0v) is 13.0. The third-order valence-corrected chi connectivity index (χ3v) is 6.23. The Morgan fingerprint density at radius 2 is 2.00 bits per heavy atom. The van der Waals surface area contributed by atoms with Gasteiger partial charge in [0.2, 0.25) is 12.1 Å².